The highest BCUT2D eigenvalue weighted by atomic mass is 16.3. The van der Waals surface area contributed by atoms with Crippen molar-refractivity contribution in [2.75, 3.05) is 11.9 Å². The fourth-order valence-electron chi connectivity index (χ4n) is 2.69. The van der Waals surface area contributed by atoms with E-state index in [-0.39, 0.29) is 6.61 Å². The van der Waals surface area contributed by atoms with Crippen molar-refractivity contribution in [1.29, 1.82) is 0 Å². The Labute approximate surface area is 162 Å². The number of nitrogens with zero attached hydrogens (tertiary/aromatic N) is 3. The molecule has 0 unspecified atom stereocenters. The van der Waals surface area contributed by atoms with Gasteiger partial charge in [-0.3, -0.25) is 9.59 Å². The normalized spacial score (nSPS) is 11.6. The van der Waals surface area contributed by atoms with Gasteiger partial charge in [0.15, 0.2) is 0 Å². The molecule has 1 atom stereocenters. The second-order valence-electron chi connectivity index (χ2n) is 6.29. The Morgan fingerprint density at radius 1 is 1.00 bits per heavy atom. The number of hydrogen-bond acceptors (Lipinski definition) is 5. The highest BCUT2D eigenvalue weighted by molar-refractivity contribution is 6.39. The maximum absolute atomic E-state index is 12.1. The number of aliphatic hydroxyl groups is 1. The van der Waals surface area contributed by atoms with E-state index in [9.17, 15) is 14.7 Å². The van der Waals surface area contributed by atoms with Crippen molar-refractivity contribution in [3.8, 4) is 0 Å². The van der Waals surface area contributed by atoms with Gasteiger partial charge < -0.3 is 15.7 Å². The predicted molar refractivity (Wildman–Crippen MR) is 103 cm³/mol. The van der Waals surface area contributed by atoms with Gasteiger partial charge in [0.2, 0.25) is 0 Å². The summed E-state index contributed by atoms with van der Waals surface area (Å²) < 4.78 is 1.68. The van der Waals surface area contributed by atoms with Crippen molar-refractivity contribution in [3.05, 3.63) is 78.4 Å². The van der Waals surface area contributed by atoms with Crippen LogP contribution in [0.25, 0.3) is 0 Å². The average molecular weight is 379 g/mol. The third-order valence-corrected chi connectivity index (χ3v) is 4.11. The van der Waals surface area contributed by atoms with Gasteiger partial charge in [0.05, 0.1) is 19.2 Å². The molecule has 3 rings (SSSR count). The Kier molecular flexibility index (Phi) is 6.48. The monoisotopic (exact) mass is 379 g/mol. The fraction of sp³-hybridized carbons (Fsp3) is 0.200. The lowest BCUT2D eigenvalue weighted by Gasteiger charge is -2.16. The molecule has 0 fully saturated rings. The van der Waals surface area contributed by atoms with Crippen LogP contribution >= 0.6 is 0 Å². The van der Waals surface area contributed by atoms with Gasteiger partial charge in [-0.2, -0.15) is 5.10 Å². The van der Waals surface area contributed by atoms with Crippen molar-refractivity contribution >= 4 is 17.5 Å². The molecule has 0 saturated heterocycles. The molecule has 0 aliphatic rings. The Balaban J connectivity index is 1.52. The Bertz CT molecular complexity index is 895. The molecule has 0 bridgehead atoms. The van der Waals surface area contributed by atoms with Crippen LogP contribution in [0.3, 0.4) is 0 Å². The molecule has 0 saturated carbocycles. The summed E-state index contributed by atoms with van der Waals surface area (Å²) in [5, 5.41) is 18.6. The molecule has 3 N–H and O–H groups in total. The molecule has 1 heterocycles. The van der Waals surface area contributed by atoms with E-state index in [1.54, 1.807) is 23.1 Å². The standard InChI is InChI=1S/C20H21N5O3/c26-12-18(10-15-4-2-1-3-5-15)24-20(28)19(27)23-17-8-6-16(7-9-17)11-25-14-21-13-22-25/h1-9,13-14,18,26H,10-12H2,(H,23,27)(H,24,28)/t18-/m1/s1. The van der Waals surface area contributed by atoms with Gasteiger partial charge in [0, 0.05) is 5.69 Å². The van der Waals surface area contributed by atoms with E-state index in [0.29, 0.717) is 18.7 Å². The molecule has 0 spiro atoms. The predicted octanol–water partition coefficient (Wildman–Crippen LogP) is 0.985. The fourth-order valence-corrected chi connectivity index (χ4v) is 2.69. The van der Waals surface area contributed by atoms with E-state index in [1.165, 1.54) is 6.33 Å². The number of benzene rings is 2. The van der Waals surface area contributed by atoms with Gasteiger partial charge >= 0.3 is 11.8 Å². The summed E-state index contributed by atoms with van der Waals surface area (Å²) in [5.74, 6) is -1.57. The third-order valence-electron chi connectivity index (χ3n) is 4.11. The molecule has 0 aliphatic heterocycles. The topological polar surface area (TPSA) is 109 Å². The van der Waals surface area contributed by atoms with Gasteiger partial charge in [-0.05, 0) is 29.7 Å². The van der Waals surface area contributed by atoms with Crippen LogP contribution in [0.15, 0.2) is 67.3 Å². The van der Waals surface area contributed by atoms with Crippen LogP contribution in [0.2, 0.25) is 0 Å². The summed E-state index contributed by atoms with van der Waals surface area (Å²) in [4.78, 5) is 28.1. The van der Waals surface area contributed by atoms with Crippen molar-refractivity contribution in [3.63, 3.8) is 0 Å². The first kappa shape index (κ1) is 19.2. The first-order valence-electron chi connectivity index (χ1n) is 8.82. The summed E-state index contributed by atoms with van der Waals surface area (Å²) in [6.45, 7) is 0.303. The minimum Gasteiger partial charge on any atom is -0.394 e. The van der Waals surface area contributed by atoms with E-state index in [0.717, 1.165) is 11.1 Å². The number of aliphatic hydroxyl groups excluding tert-OH is 1. The molecule has 0 radical (unpaired) electrons. The molecular weight excluding hydrogens is 358 g/mol. The van der Waals surface area contributed by atoms with Crippen molar-refractivity contribution in [1.82, 2.24) is 20.1 Å². The third kappa shape index (κ3) is 5.49. The van der Waals surface area contributed by atoms with E-state index in [2.05, 4.69) is 20.7 Å². The molecule has 0 aliphatic carbocycles. The number of nitrogens with one attached hydrogen (secondary N) is 2. The maximum Gasteiger partial charge on any atom is 0.313 e. The minimum atomic E-state index is -0.790. The molecular formula is C20H21N5O3. The van der Waals surface area contributed by atoms with Crippen LogP contribution in [0, 0.1) is 0 Å². The Morgan fingerprint density at radius 3 is 2.39 bits per heavy atom. The average Bonchev–Trinajstić information content (AvgIpc) is 3.22. The number of amides is 2. The van der Waals surface area contributed by atoms with Gasteiger partial charge in [-0.25, -0.2) is 9.67 Å². The largest absolute Gasteiger partial charge is 0.394 e. The second-order valence-corrected chi connectivity index (χ2v) is 6.29. The lowest BCUT2D eigenvalue weighted by Crippen LogP contribution is -2.44. The zero-order valence-electron chi connectivity index (χ0n) is 15.2. The molecule has 2 amide bonds. The van der Waals surface area contributed by atoms with Crippen LogP contribution in [0.1, 0.15) is 11.1 Å². The van der Waals surface area contributed by atoms with E-state index in [4.69, 9.17) is 0 Å². The van der Waals surface area contributed by atoms with Gasteiger partial charge in [-0.15, -0.1) is 0 Å². The number of carbonyl (C=O) groups excluding carboxylic acids is 2. The Morgan fingerprint density at radius 2 is 1.75 bits per heavy atom. The van der Waals surface area contributed by atoms with E-state index >= 15 is 0 Å². The van der Waals surface area contributed by atoms with E-state index < -0.39 is 17.9 Å². The number of anilines is 1. The molecule has 8 heteroatoms. The molecule has 144 valence electrons. The van der Waals surface area contributed by atoms with Crippen LogP contribution in [-0.2, 0) is 22.6 Å². The molecule has 8 nitrogen and oxygen atoms in total. The Hall–Kier alpha value is -3.52. The second kappa shape index (κ2) is 9.43. The number of aromatic nitrogens is 3. The van der Waals surface area contributed by atoms with Crippen molar-refractivity contribution in [2.45, 2.75) is 19.0 Å². The quantitative estimate of drug-likeness (QED) is 0.530. The lowest BCUT2D eigenvalue weighted by atomic mass is 10.1. The summed E-state index contributed by atoms with van der Waals surface area (Å²) in [6.07, 6.45) is 3.52. The highest BCUT2D eigenvalue weighted by Crippen LogP contribution is 2.10. The van der Waals surface area contributed by atoms with Gasteiger partial charge in [0.25, 0.3) is 0 Å². The zero-order chi connectivity index (χ0) is 19.8. The lowest BCUT2D eigenvalue weighted by molar-refractivity contribution is -0.136. The molecule has 2 aromatic carbocycles. The number of rotatable bonds is 7. The summed E-state index contributed by atoms with van der Waals surface area (Å²) in [7, 11) is 0. The van der Waals surface area contributed by atoms with Crippen LogP contribution < -0.4 is 10.6 Å². The van der Waals surface area contributed by atoms with Gasteiger partial charge in [-0.1, -0.05) is 42.5 Å². The minimum absolute atomic E-state index is 0.259. The van der Waals surface area contributed by atoms with Crippen LogP contribution in [0.4, 0.5) is 5.69 Å². The SMILES string of the molecule is O=C(Nc1ccc(Cn2cncn2)cc1)C(=O)N[C@@H](CO)Cc1ccccc1. The zero-order valence-corrected chi connectivity index (χ0v) is 15.2. The summed E-state index contributed by atoms with van der Waals surface area (Å²) in [5.41, 5.74) is 2.45. The first-order valence-corrected chi connectivity index (χ1v) is 8.82. The smallest absolute Gasteiger partial charge is 0.313 e. The molecule has 1 aromatic heterocycles. The summed E-state index contributed by atoms with van der Waals surface area (Å²) >= 11 is 0. The van der Waals surface area contributed by atoms with Crippen molar-refractivity contribution < 1.29 is 14.7 Å². The molecule has 3 aromatic rings. The highest BCUT2D eigenvalue weighted by Gasteiger charge is 2.18. The number of carbonyl (C=O) groups is 2. The van der Waals surface area contributed by atoms with E-state index in [1.807, 2.05) is 42.5 Å². The van der Waals surface area contributed by atoms with Crippen LogP contribution in [0.5, 0.6) is 0 Å². The summed E-state index contributed by atoms with van der Waals surface area (Å²) in [6, 6.07) is 16.0. The first-order chi connectivity index (χ1) is 13.6. The maximum atomic E-state index is 12.1. The van der Waals surface area contributed by atoms with Crippen LogP contribution in [-0.4, -0.2) is 44.3 Å². The van der Waals surface area contributed by atoms with Crippen molar-refractivity contribution in [2.24, 2.45) is 0 Å². The number of hydrogen-bond donors (Lipinski definition) is 3. The molecule has 28 heavy (non-hydrogen) atoms. The van der Waals surface area contributed by atoms with Gasteiger partial charge in [0.1, 0.15) is 12.7 Å².